The zero-order chi connectivity index (χ0) is 15.0. The first kappa shape index (κ1) is 14.4. The lowest BCUT2D eigenvalue weighted by atomic mass is 9.39. The number of carbonyl (C=O) groups is 1. The van der Waals surface area contributed by atoms with E-state index < -0.39 is 10.5 Å². The second kappa shape index (κ2) is 3.78. The van der Waals surface area contributed by atoms with Crippen LogP contribution in [0.4, 0.5) is 0 Å². The van der Waals surface area contributed by atoms with Crippen molar-refractivity contribution in [2.45, 2.75) is 57.2 Å². The van der Waals surface area contributed by atoms with Gasteiger partial charge in [-0.25, -0.2) is 4.31 Å². The fraction of sp³-hybridized carbons (Fsp3) is 0.857. The number of hydrogen-bond donors (Lipinski definition) is 2. The van der Waals surface area contributed by atoms with Crippen molar-refractivity contribution in [3.8, 4) is 0 Å². The third-order valence-electron chi connectivity index (χ3n) is 5.72. The van der Waals surface area contributed by atoms with E-state index in [1.165, 1.54) is 0 Å². The fourth-order valence-corrected chi connectivity index (χ4v) is 4.95. The third-order valence-corrected chi connectivity index (χ3v) is 7.58. The maximum atomic E-state index is 11.0. The summed E-state index contributed by atoms with van der Waals surface area (Å²) in [5, 5.41) is 3.58. The summed E-state index contributed by atoms with van der Waals surface area (Å²) < 4.78 is 12.1. The Kier molecular flexibility index (Phi) is 2.71. The van der Waals surface area contributed by atoms with Crippen LogP contribution in [0.5, 0.6) is 0 Å². The quantitative estimate of drug-likeness (QED) is 0.780. The van der Waals surface area contributed by atoms with Gasteiger partial charge in [-0.3, -0.25) is 9.79 Å². The molecule has 3 saturated carbocycles. The van der Waals surface area contributed by atoms with Gasteiger partial charge < -0.3 is 9.87 Å². The molecule has 20 heavy (non-hydrogen) atoms. The highest BCUT2D eigenvalue weighted by Crippen LogP contribution is 2.73. The molecule has 0 saturated heterocycles. The number of aliphatic imine (C=N–C) groups is 1. The lowest BCUT2D eigenvalue weighted by Crippen LogP contribution is -2.77. The lowest BCUT2D eigenvalue weighted by Gasteiger charge is -2.74. The molecule has 3 aliphatic carbocycles. The van der Waals surface area contributed by atoms with Gasteiger partial charge in [0.05, 0.1) is 11.6 Å². The van der Waals surface area contributed by atoms with Crippen LogP contribution in [0.1, 0.15) is 40.0 Å². The first-order chi connectivity index (χ1) is 9.07. The van der Waals surface area contributed by atoms with Crippen LogP contribution in [0.15, 0.2) is 4.99 Å². The van der Waals surface area contributed by atoms with E-state index in [-0.39, 0.29) is 16.5 Å². The first-order valence-corrected chi connectivity index (χ1v) is 9.15. The summed E-state index contributed by atoms with van der Waals surface area (Å²) in [7, 11) is -0.392. The Bertz CT molecular complexity index is 481. The zero-order valence-corrected chi connectivity index (χ0v) is 13.8. The van der Waals surface area contributed by atoms with Gasteiger partial charge in [0.1, 0.15) is 5.84 Å². The van der Waals surface area contributed by atoms with Crippen molar-refractivity contribution in [3.05, 3.63) is 0 Å². The first-order valence-electron chi connectivity index (χ1n) is 7.13. The van der Waals surface area contributed by atoms with Gasteiger partial charge in [0, 0.05) is 17.2 Å². The summed E-state index contributed by atoms with van der Waals surface area (Å²) in [6.07, 6.45) is 4.65. The molecule has 6 heteroatoms. The van der Waals surface area contributed by atoms with Crippen LogP contribution >= 0.6 is 10.5 Å². The molecule has 3 fully saturated rings. The highest BCUT2D eigenvalue weighted by Gasteiger charge is 2.74. The fourth-order valence-electron chi connectivity index (χ4n) is 3.84. The number of carbonyl (C=O) groups excluding carboxylic acids is 1. The Balaban J connectivity index is 1.71. The molecule has 2 bridgehead atoms. The Labute approximate surface area is 122 Å². The largest absolute Gasteiger partial charge is 0.366 e. The van der Waals surface area contributed by atoms with E-state index in [0.29, 0.717) is 11.7 Å². The Morgan fingerprint density at radius 1 is 1.45 bits per heavy atom. The monoisotopic (exact) mass is 299 g/mol. The number of nitrogens with zero attached hydrogens (tertiary/aromatic N) is 2. The van der Waals surface area contributed by atoms with Crippen LogP contribution < -0.4 is 5.32 Å². The van der Waals surface area contributed by atoms with Gasteiger partial charge in [-0.15, -0.1) is 0 Å². The molecule has 4 rings (SSSR count). The molecule has 0 aromatic heterocycles. The molecule has 2 atom stereocenters. The van der Waals surface area contributed by atoms with Gasteiger partial charge in [-0.05, 0) is 57.6 Å². The van der Waals surface area contributed by atoms with Gasteiger partial charge in [0.25, 0.3) is 0 Å². The maximum Gasteiger partial charge on any atom is 0.193 e. The molecule has 2 N–H and O–H groups in total. The second-order valence-corrected chi connectivity index (χ2v) is 10.0. The van der Waals surface area contributed by atoms with Crippen LogP contribution in [-0.2, 0) is 4.79 Å². The Morgan fingerprint density at radius 3 is 2.40 bits per heavy atom. The summed E-state index contributed by atoms with van der Waals surface area (Å²) >= 11 is 0. The van der Waals surface area contributed by atoms with E-state index in [0.717, 1.165) is 25.1 Å². The lowest BCUT2D eigenvalue weighted by molar-refractivity contribution is -0.140. The van der Waals surface area contributed by atoms with Crippen LogP contribution in [0.25, 0.3) is 0 Å². The Morgan fingerprint density at radius 2 is 2.00 bits per heavy atom. The van der Waals surface area contributed by atoms with Gasteiger partial charge in [0.2, 0.25) is 0 Å². The van der Waals surface area contributed by atoms with Crippen molar-refractivity contribution < 1.29 is 9.35 Å². The minimum absolute atomic E-state index is 0.0138. The zero-order valence-electron chi connectivity index (χ0n) is 12.9. The van der Waals surface area contributed by atoms with E-state index in [1.54, 1.807) is 6.26 Å². The van der Waals surface area contributed by atoms with Gasteiger partial charge >= 0.3 is 0 Å². The minimum atomic E-state index is -2.27. The number of nitrogens with one attached hydrogen (secondary N) is 1. The second-order valence-electron chi connectivity index (χ2n) is 7.52. The molecule has 0 radical (unpaired) electrons. The number of rotatable bonds is 4. The summed E-state index contributed by atoms with van der Waals surface area (Å²) in [4.78, 5) is 15.9. The summed E-state index contributed by atoms with van der Waals surface area (Å²) in [5.41, 5.74) is 0.925. The predicted octanol–water partition coefficient (Wildman–Crippen LogP) is 2.02. The van der Waals surface area contributed by atoms with Gasteiger partial charge in [0.15, 0.2) is 5.62 Å². The van der Waals surface area contributed by atoms with E-state index in [1.807, 2.05) is 11.4 Å². The van der Waals surface area contributed by atoms with Crippen molar-refractivity contribution >= 4 is 21.9 Å². The summed E-state index contributed by atoms with van der Waals surface area (Å²) in [5.74, 6) is 1.14. The molecule has 5 nitrogen and oxygen atoms in total. The summed E-state index contributed by atoms with van der Waals surface area (Å²) in [6, 6.07) is 0.295. The van der Waals surface area contributed by atoms with Crippen molar-refractivity contribution in [2.75, 3.05) is 13.3 Å². The molecule has 0 amide bonds. The van der Waals surface area contributed by atoms with Crippen LogP contribution in [0.2, 0.25) is 0 Å². The molecule has 0 spiro atoms. The SMILES string of the molecule is C[C@@H]1N=C(C23CC(N(C)S(C)(O)C=O)(C2)C3)NC1(C)C. The van der Waals surface area contributed by atoms with Crippen molar-refractivity contribution in [1.29, 1.82) is 0 Å². The normalized spacial score (nSPS) is 45.5. The van der Waals surface area contributed by atoms with Crippen LogP contribution in [-0.4, -0.2) is 50.7 Å². The molecule has 114 valence electrons. The van der Waals surface area contributed by atoms with Crippen LogP contribution in [0, 0.1) is 5.41 Å². The molecule has 1 aliphatic heterocycles. The number of amidine groups is 1. The molecular weight excluding hydrogens is 274 g/mol. The standard InChI is InChI=1S/C14H25N3O2S/c1-10-12(2,3)16-11(15-10)13-6-14(7-13,8-13)17(4)20(5,19)9-18/h9-10,19H,6-8H2,1-5H3,(H,15,16)/t10-,13?,14?/m0/s1. The van der Waals surface area contributed by atoms with E-state index in [4.69, 9.17) is 4.99 Å². The van der Waals surface area contributed by atoms with E-state index >= 15 is 0 Å². The van der Waals surface area contributed by atoms with Crippen molar-refractivity contribution in [2.24, 2.45) is 10.4 Å². The van der Waals surface area contributed by atoms with E-state index in [9.17, 15) is 9.35 Å². The maximum absolute atomic E-state index is 11.0. The predicted molar refractivity (Wildman–Crippen MR) is 83.8 cm³/mol. The minimum Gasteiger partial charge on any atom is -0.366 e. The molecule has 4 aliphatic rings. The smallest absolute Gasteiger partial charge is 0.193 e. The highest BCUT2D eigenvalue weighted by atomic mass is 32.3. The third kappa shape index (κ3) is 1.64. The molecule has 1 heterocycles. The van der Waals surface area contributed by atoms with E-state index in [2.05, 4.69) is 26.1 Å². The molecule has 1 unspecified atom stereocenters. The molecule has 0 aromatic rings. The topological polar surface area (TPSA) is 64.9 Å². The van der Waals surface area contributed by atoms with Gasteiger partial charge in [-0.1, -0.05) is 0 Å². The highest BCUT2D eigenvalue weighted by molar-refractivity contribution is 8.37. The van der Waals surface area contributed by atoms with Crippen molar-refractivity contribution in [1.82, 2.24) is 9.62 Å². The summed E-state index contributed by atoms with van der Waals surface area (Å²) in [6.45, 7) is 6.51. The van der Waals surface area contributed by atoms with Crippen LogP contribution in [0.3, 0.4) is 0 Å². The van der Waals surface area contributed by atoms with Gasteiger partial charge in [-0.2, -0.15) is 0 Å². The average molecular weight is 299 g/mol. The molecule has 0 aromatic carbocycles. The molecular formula is C14H25N3O2S. The Hall–Kier alpha value is -0.590. The average Bonchev–Trinajstić information content (AvgIpc) is 2.49. The van der Waals surface area contributed by atoms with Crippen molar-refractivity contribution in [3.63, 3.8) is 0 Å². The number of hydrogen-bond acceptors (Lipinski definition) is 5.